The molecule has 0 atom stereocenters. The minimum Gasteiger partial charge on any atom is -0.466 e. The van der Waals surface area contributed by atoms with Gasteiger partial charge in [0.1, 0.15) is 17.3 Å². The van der Waals surface area contributed by atoms with Gasteiger partial charge in [-0.1, -0.05) is 30.0 Å². The SMILES string of the molecule is Cc1ccc(CCC(=O)Nc2ccc(Sc3ccccc3)cn2)o1. The minimum atomic E-state index is -0.0694. The molecule has 0 unspecified atom stereocenters. The van der Waals surface area contributed by atoms with Crippen molar-refractivity contribution >= 4 is 23.5 Å². The molecule has 0 aliphatic heterocycles. The maximum absolute atomic E-state index is 12.0. The number of carbonyl (C=O) groups excluding carboxylic acids is 1. The molecule has 3 rings (SSSR count). The molecule has 1 aromatic carbocycles. The van der Waals surface area contributed by atoms with E-state index in [2.05, 4.69) is 22.4 Å². The van der Waals surface area contributed by atoms with E-state index in [1.54, 1.807) is 18.0 Å². The standard InChI is InChI=1S/C19H18N2O2S/c1-14-7-8-15(23-14)9-12-19(22)21-18-11-10-17(13-20-18)24-16-5-3-2-4-6-16/h2-8,10-11,13H,9,12H2,1H3,(H,20,21,22). The molecule has 1 N–H and O–H groups in total. The van der Waals surface area contributed by atoms with Crippen LogP contribution in [0.1, 0.15) is 17.9 Å². The summed E-state index contributed by atoms with van der Waals surface area (Å²) in [5.41, 5.74) is 0. The summed E-state index contributed by atoms with van der Waals surface area (Å²) in [6.07, 6.45) is 2.72. The van der Waals surface area contributed by atoms with Crippen molar-refractivity contribution in [1.29, 1.82) is 0 Å². The zero-order chi connectivity index (χ0) is 16.8. The topological polar surface area (TPSA) is 55.1 Å². The molecular formula is C19H18N2O2S. The second-order valence-corrected chi connectivity index (χ2v) is 6.50. The molecule has 0 saturated heterocycles. The Labute approximate surface area is 145 Å². The number of nitrogens with zero attached hydrogens (tertiary/aromatic N) is 1. The molecule has 0 fully saturated rings. The van der Waals surface area contributed by atoms with E-state index < -0.39 is 0 Å². The van der Waals surface area contributed by atoms with Gasteiger partial charge < -0.3 is 9.73 Å². The van der Waals surface area contributed by atoms with Crippen molar-refractivity contribution in [3.05, 3.63) is 72.3 Å². The van der Waals surface area contributed by atoms with E-state index in [0.717, 1.165) is 21.3 Å². The van der Waals surface area contributed by atoms with Crippen LogP contribution in [-0.4, -0.2) is 10.9 Å². The highest BCUT2D eigenvalue weighted by molar-refractivity contribution is 7.99. The normalized spacial score (nSPS) is 10.5. The van der Waals surface area contributed by atoms with Crippen molar-refractivity contribution in [1.82, 2.24) is 4.98 Å². The molecule has 4 nitrogen and oxygen atoms in total. The Hall–Kier alpha value is -2.53. The van der Waals surface area contributed by atoms with Gasteiger partial charge in [0.15, 0.2) is 0 Å². The highest BCUT2D eigenvalue weighted by atomic mass is 32.2. The Bertz CT molecular complexity index is 798. The van der Waals surface area contributed by atoms with Gasteiger partial charge in [0.2, 0.25) is 5.91 Å². The van der Waals surface area contributed by atoms with Crippen molar-refractivity contribution < 1.29 is 9.21 Å². The first kappa shape index (κ1) is 16.3. The molecule has 0 aliphatic carbocycles. The maximum Gasteiger partial charge on any atom is 0.225 e. The van der Waals surface area contributed by atoms with E-state index in [4.69, 9.17) is 4.42 Å². The Morgan fingerprint density at radius 1 is 1.08 bits per heavy atom. The lowest BCUT2D eigenvalue weighted by Gasteiger charge is -2.05. The molecular weight excluding hydrogens is 320 g/mol. The molecule has 0 bridgehead atoms. The molecule has 0 saturated carbocycles. The summed E-state index contributed by atoms with van der Waals surface area (Å²) >= 11 is 1.64. The van der Waals surface area contributed by atoms with Crippen molar-refractivity contribution in [3.63, 3.8) is 0 Å². The fourth-order valence-corrected chi connectivity index (χ4v) is 3.01. The number of furan rings is 1. The number of carbonyl (C=O) groups is 1. The van der Waals surface area contributed by atoms with E-state index in [0.29, 0.717) is 18.7 Å². The molecule has 3 aromatic rings. The number of nitrogens with one attached hydrogen (secondary N) is 1. The van der Waals surface area contributed by atoms with Gasteiger partial charge in [-0.05, 0) is 43.3 Å². The van der Waals surface area contributed by atoms with Crippen LogP contribution in [0.5, 0.6) is 0 Å². The molecule has 0 radical (unpaired) electrons. The van der Waals surface area contributed by atoms with Gasteiger partial charge in [0.05, 0.1) is 0 Å². The smallest absolute Gasteiger partial charge is 0.225 e. The number of aromatic nitrogens is 1. The quantitative estimate of drug-likeness (QED) is 0.707. The number of aryl methyl sites for hydroxylation is 2. The molecule has 0 spiro atoms. The van der Waals surface area contributed by atoms with Gasteiger partial charge in [-0.15, -0.1) is 0 Å². The predicted octanol–water partition coefficient (Wildman–Crippen LogP) is 4.71. The Kier molecular flexibility index (Phi) is 5.33. The van der Waals surface area contributed by atoms with E-state index in [9.17, 15) is 4.79 Å². The van der Waals surface area contributed by atoms with Crippen molar-refractivity contribution in [2.24, 2.45) is 0 Å². The third-order valence-corrected chi connectivity index (χ3v) is 4.36. The van der Waals surface area contributed by atoms with Crippen LogP contribution >= 0.6 is 11.8 Å². The molecule has 122 valence electrons. The first-order chi connectivity index (χ1) is 11.7. The lowest BCUT2D eigenvalue weighted by atomic mass is 10.2. The average Bonchev–Trinajstić information content (AvgIpc) is 3.01. The Morgan fingerprint density at radius 3 is 2.58 bits per heavy atom. The van der Waals surface area contributed by atoms with Crippen LogP contribution in [-0.2, 0) is 11.2 Å². The summed E-state index contributed by atoms with van der Waals surface area (Å²) in [6, 6.07) is 17.7. The zero-order valence-electron chi connectivity index (χ0n) is 13.4. The molecule has 24 heavy (non-hydrogen) atoms. The first-order valence-electron chi connectivity index (χ1n) is 7.73. The second kappa shape index (κ2) is 7.84. The number of hydrogen-bond acceptors (Lipinski definition) is 4. The summed E-state index contributed by atoms with van der Waals surface area (Å²) in [5, 5.41) is 2.81. The zero-order valence-corrected chi connectivity index (χ0v) is 14.2. The maximum atomic E-state index is 12.0. The van der Waals surface area contributed by atoms with Crippen LogP contribution in [0.2, 0.25) is 0 Å². The number of anilines is 1. The molecule has 2 heterocycles. The largest absolute Gasteiger partial charge is 0.466 e. The van der Waals surface area contributed by atoms with Crippen LogP contribution in [0.15, 0.2) is 75.0 Å². The third kappa shape index (κ3) is 4.73. The Balaban J connectivity index is 1.51. The first-order valence-corrected chi connectivity index (χ1v) is 8.55. The van der Waals surface area contributed by atoms with Crippen LogP contribution in [0, 0.1) is 6.92 Å². The summed E-state index contributed by atoms with van der Waals surface area (Å²) < 4.78 is 5.46. The van der Waals surface area contributed by atoms with Crippen LogP contribution in [0.25, 0.3) is 0 Å². The van der Waals surface area contributed by atoms with E-state index in [1.165, 1.54) is 0 Å². The number of hydrogen-bond donors (Lipinski definition) is 1. The molecule has 1 amide bonds. The van der Waals surface area contributed by atoms with Gasteiger partial charge in [0, 0.05) is 28.8 Å². The third-order valence-electron chi connectivity index (χ3n) is 3.38. The van der Waals surface area contributed by atoms with Gasteiger partial charge in [-0.25, -0.2) is 4.98 Å². The molecule has 5 heteroatoms. The fourth-order valence-electron chi connectivity index (χ4n) is 2.20. The number of amides is 1. The van der Waals surface area contributed by atoms with Crippen LogP contribution < -0.4 is 5.32 Å². The number of benzene rings is 1. The number of rotatable bonds is 6. The minimum absolute atomic E-state index is 0.0694. The fraction of sp³-hybridized carbons (Fsp3) is 0.158. The summed E-state index contributed by atoms with van der Waals surface area (Å²) in [7, 11) is 0. The van der Waals surface area contributed by atoms with E-state index >= 15 is 0 Å². The van der Waals surface area contributed by atoms with Gasteiger partial charge in [-0.3, -0.25) is 4.79 Å². The molecule has 0 aliphatic rings. The summed E-state index contributed by atoms with van der Waals surface area (Å²) in [4.78, 5) is 18.5. The summed E-state index contributed by atoms with van der Waals surface area (Å²) in [6.45, 7) is 1.89. The van der Waals surface area contributed by atoms with Crippen LogP contribution in [0.4, 0.5) is 5.82 Å². The Morgan fingerprint density at radius 2 is 1.92 bits per heavy atom. The monoisotopic (exact) mass is 338 g/mol. The second-order valence-electron chi connectivity index (χ2n) is 5.35. The summed E-state index contributed by atoms with van der Waals surface area (Å²) in [5.74, 6) is 2.18. The van der Waals surface area contributed by atoms with Crippen molar-refractivity contribution in [3.8, 4) is 0 Å². The lowest BCUT2D eigenvalue weighted by molar-refractivity contribution is -0.116. The van der Waals surface area contributed by atoms with Gasteiger partial charge in [0.25, 0.3) is 0 Å². The van der Waals surface area contributed by atoms with E-state index in [1.807, 2.05) is 49.4 Å². The van der Waals surface area contributed by atoms with Gasteiger partial charge in [-0.2, -0.15) is 0 Å². The highest BCUT2D eigenvalue weighted by Gasteiger charge is 2.06. The highest BCUT2D eigenvalue weighted by Crippen LogP contribution is 2.27. The van der Waals surface area contributed by atoms with Crippen molar-refractivity contribution in [2.45, 2.75) is 29.6 Å². The number of pyridine rings is 1. The average molecular weight is 338 g/mol. The predicted molar refractivity (Wildman–Crippen MR) is 95.2 cm³/mol. The molecule has 2 aromatic heterocycles. The van der Waals surface area contributed by atoms with Crippen LogP contribution in [0.3, 0.4) is 0 Å². The lowest BCUT2D eigenvalue weighted by Crippen LogP contribution is -2.13. The van der Waals surface area contributed by atoms with Crippen molar-refractivity contribution in [2.75, 3.05) is 5.32 Å². The van der Waals surface area contributed by atoms with Gasteiger partial charge >= 0.3 is 0 Å². The van der Waals surface area contributed by atoms with E-state index in [-0.39, 0.29) is 5.91 Å².